The Labute approximate surface area is 86.6 Å². The van der Waals surface area contributed by atoms with Crippen molar-refractivity contribution in [2.45, 2.75) is 51.5 Å². The summed E-state index contributed by atoms with van der Waals surface area (Å²) in [6.45, 7) is 3.95. The quantitative estimate of drug-likeness (QED) is 0.671. The van der Waals surface area contributed by atoms with Crippen LogP contribution in [0, 0.1) is 0 Å². The van der Waals surface area contributed by atoms with Crippen molar-refractivity contribution in [3.63, 3.8) is 0 Å². The highest BCUT2D eigenvalue weighted by Gasteiger charge is 2.18. The van der Waals surface area contributed by atoms with Crippen LogP contribution in [0.25, 0.3) is 0 Å². The summed E-state index contributed by atoms with van der Waals surface area (Å²) >= 11 is 0. The molecule has 0 aliphatic carbocycles. The molecule has 0 radical (unpaired) electrons. The minimum atomic E-state index is 0.0642. The summed E-state index contributed by atoms with van der Waals surface area (Å²) in [6, 6.07) is 0.0642. The molecule has 1 unspecified atom stereocenters. The van der Waals surface area contributed by atoms with Gasteiger partial charge in [-0.2, -0.15) is 0 Å². The lowest BCUT2D eigenvalue weighted by atomic mass is 10.1. The molecule has 1 rings (SSSR count). The highest BCUT2D eigenvalue weighted by atomic mass is 16.2. The van der Waals surface area contributed by atoms with Crippen LogP contribution in [0.2, 0.25) is 0 Å². The third kappa shape index (κ3) is 4.09. The molecule has 1 fully saturated rings. The van der Waals surface area contributed by atoms with Gasteiger partial charge in [-0.3, -0.25) is 4.79 Å². The van der Waals surface area contributed by atoms with Crippen molar-refractivity contribution < 1.29 is 4.79 Å². The summed E-state index contributed by atoms with van der Waals surface area (Å²) in [7, 11) is 0. The summed E-state index contributed by atoms with van der Waals surface area (Å²) in [5.41, 5.74) is 0. The fourth-order valence-electron chi connectivity index (χ4n) is 1.76. The van der Waals surface area contributed by atoms with Crippen LogP contribution >= 0.6 is 0 Å². The zero-order valence-electron chi connectivity index (χ0n) is 9.14. The molecule has 2 N–H and O–H groups in total. The first-order chi connectivity index (χ1) is 6.84. The van der Waals surface area contributed by atoms with E-state index in [4.69, 9.17) is 0 Å². The Kier molecular flexibility index (Phi) is 5.60. The third-order valence-electron chi connectivity index (χ3n) is 2.71. The minimum absolute atomic E-state index is 0.0642. The van der Waals surface area contributed by atoms with Gasteiger partial charge in [-0.15, -0.1) is 0 Å². The van der Waals surface area contributed by atoms with Gasteiger partial charge < -0.3 is 10.6 Å². The Morgan fingerprint density at radius 2 is 2.29 bits per heavy atom. The lowest BCUT2D eigenvalue weighted by Crippen LogP contribution is -2.43. The molecule has 3 nitrogen and oxygen atoms in total. The van der Waals surface area contributed by atoms with Gasteiger partial charge in [0.25, 0.3) is 0 Å². The summed E-state index contributed by atoms with van der Waals surface area (Å²) in [6.07, 6.45) is 6.86. The second-order valence-corrected chi connectivity index (χ2v) is 4.00. The Morgan fingerprint density at radius 1 is 1.43 bits per heavy atom. The van der Waals surface area contributed by atoms with Crippen LogP contribution in [0.3, 0.4) is 0 Å². The predicted octanol–water partition coefficient (Wildman–Crippen LogP) is 1.43. The Balaban J connectivity index is 2.20. The van der Waals surface area contributed by atoms with Gasteiger partial charge in [-0.1, -0.05) is 26.2 Å². The van der Waals surface area contributed by atoms with Gasteiger partial charge in [0.1, 0.15) is 0 Å². The van der Waals surface area contributed by atoms with Crippen LogP contribution in [-0.4, -0.2) is 25.0 Å². The number of amides is 1. The molecular formula is C11H22N2O. The number of carbonyl (C=O) groups excluding carboxylic acids is 1. The van der Waals surface area contributed by atoms with Gasteiger partial charge in [0.15, 0.2) is 0 Å². The third-order valence-corrected chi connectivity index (χ3v) is 2.71. The summed E-state index contributed by atoms with van der Waals surface area (Å²) in [5, 5.41) is 6.28. The average molecular weight is 198 g/mol. The number of hydrogen-bond donors (Lipinski definition) is 2. The van der Waals surface area contributed by atoms with Crippen LogP contribution in [0.15, 0.2) is 0 Å². The molecule has 0 aromatic carbocycles. The number of rotatable bonds is 4. The van der Waals surface area contributed by atoms with Gasteiger partial charge in [-0.25, -0.2) is 0 Å². The minimum Gasteiger partial charge on any atom is -0.355 e. The van der Waals surface area contributed by atoms with E-state index in [9.17, 15) is 4.79 Å². The first-order valence-corrected chi connectivity index (χ1v) is 5.85. The SMILES string of the molecule is CCCCNC(=O)C1CCCCCN1. The summed E-state index contributed by atoms with van der Waals surface area (Å²) in [5.74, 6) is 0.195. The lowest BCUT2D eigenvalue weighted by molar-refractivity contribution is -0.123. The molecule has 0 aromatic rings. The summed E-state index contributed by atoms with van der Waals surface area (Å²) in [4.78, 5) is 11.7. The summed E-state index contributed by atoms with van der Waals surface area (Å²) < 4.78 is 0. The first kappa shape index (κ1) is 11.5. The van der Waals surface area contributed by atoms with Gasteiger partial charge >= 0.3 is 0 Å². The highest BCUT2D eigenvalue weighted by molar-refractivity contribution is 5.81. The van der Waals surface area contributed by atoms with Crippen molar-refractivity contribution in [3.05, 3.63) is 0 Å². The molecule has 0 spiro atoms. The van der Waals surface area contributed by atoms with Gasteiger partial charge in [0, 0.05) is 6.54 Å². The molecule has 0 bridgehead atoms. The standard InChI is InChI=1S/C11H22N2O/c1-2-3-8-13-11(14)10-7-5-4-6-9-12-10/h10,12H,2-9H2,1H3,(H,13,14). The zero-order valence-corrected chi connectivity index (χ0v) is 9.14. The van der Waals surface area contributed by atoms with Crippen LogP contribution in [0.5, 0.6) is 0 Å². The van der Waals surface area contributed by atoms with E-state index in [1.165, 1.54) is 19.3 Å². The maximum Gasteiger partial charge on any atom is 0.237 e. The number of nitrogens with one attached hydrogen (secondary N) is 2. The lowest BCUT2D eigenvalue weighted by Gasteiger charge is -2.15. The molecule has 0 saturated carbocycles. The van der Waals surface area contributed by atoms with Gasteiger partial charge in [-0.05, 0) is 25.8 Å². The molecule has 0 aromatic heterocycles. The normalized spacial score (nSPS) is 22.8. The molecular weight excluding hydrogens is 176 g/mol. The Hall–Kier alpha value is -0.570. The van der Waals surface area contributed by atoms with Crippen LogP contribution in [0.4, 0.5) is 0 Å². The van der Waals surface area contributed by atoms with Gasteiger partial charge in [0.2, 0.25) is 5.91 Å². The van der Waals surface area contributed by atoms with Crippen molar-refractivity contribution in [2.75, 3.05) is 13.1 Å². The topological polar surface area (TPSA) is 41.1 Å². The second kappa shape index (κ2) is 6.82. The maximum absolute atomic E-state index is 11.7. The van der Waals surface area contributed by atoms with E-state index >= 15 is 0 Å². The van der Waals surface area contributed by atoms with E-state index in [-0.39, 0.29) is 11.9 Å². The van der Waals surface area contributed by atoms with E-state index in [0.29, 0.717) is 0 Å². The van der Waals surface area contributed by atoms with E-state index in [1.54, 1.807) is 0 Å². The molecule has 1 atom stereocenters. The Bertz CT molecular complexity index is 163. The molecule has 82 valence electrons. The average Bonchev–Trinajstić information content (AvgIpc) is 2.46. The monoisotopic (exact) mass is 198 g/mol. The molecule has 1 amide bonds. The van der Waals surface area contributed by atoms with Crippen molar-refractivity contribution in [1.82, 2.24) is 10.6 Å². The van der Waals surface area contributed by atoms with Crippen molar-refractivity contribution in [2.24, 2.45) is 0 Å². The van der Waals surface area contributed by atoms with Crippen molar-refractivity contribution >= 4 is 5.91 Å². The van der Waals surface area contributed by atoms with Crippen LogP contribution in [-0.2, 0) is 4.79 Å². The fraction of sp³-hybridized carbons (Fsp3) is 0.909. The second-order valence-electron chi connectivity index (χ2n) is 4.00. The highest BCUT2D eigenvalue weighted by Crippen LogP contribution is 2.08. The molecule has 1 aliphatic rings. The van der Waals surface area contributed by atoms with Crippen LogP contribution < -0.4 is 10.6 Å². The molecule has 14 heavy (non-hydrogen) atoms. The number of carbonyl (C=O) groups is 1. The van der Waals surface area contributed by atoms with E-state index in [1.807, 2.05) is 0 Å². The Morgan fingerprint density at radius 3 is 3.07 bits per heavy atom. The molecule has 3 heteroatoms. The van der Waals surface area contributed by atoms with Crippen molar-refractivity contribution in [3.8, 4) is 0 Å². The first-order valence-electron chi connectivity index (χ1n) is 5.85. The smallest absolute Gasteiger partial charge is 0.237 e. The molecule has 1 saturated heterocycles. The van der Waals surface area contributed by atoms with E-state index in [2.05, 4.69) is 17.6 Å². The number of hydrogen-bond acceptors (Lipinski definition) is 2. The molecule has 1 heterocycles. The number of unbranched alkanes of at least 4 members (excludes halogenated alkanes) is 1. The molecule has 1 aliphatic heterocycles. The largest absolute Gasteiger partial charge is 0.355 e. The van der Waals surface area contributed by atoms with Gasteiger partial charge in [0.05, 0.1) is 6.04 Å². The zero-order chi connectivity index (χ0) is 10.2. The van der Waals surface area contributed by atoms with E-state index < -0.39 is 0 Å². The van der Waals surface area contributed by atoms with E-state index in [0.717, 1.165) is 32.4 Å². The van der Waals surface area contributed by atoms with Crippen LogP contribution in [0.1, 0.15) is 45.4 Å². The maximum atomic E-state index is 11.7. The predicted molar refractivity (Wildman–Crippen MR) is 58.2 cm³/mol. The fourth-order valence-corrected chi connectivity index (χ4v) is 1.76. The van der Waals surface area contributed by atoms with Crippen molar-refractivity contribution in [1.29, 1.82) is 0 Å².